The monoisotopic (exact) mass is 264 g/mol. The summed E-state index contributed by atoms with van der Waals surface area (Å²) in [6, 6.07) is 4.42. The topological polar surface area (TPSA) is 55.1 Å². The highest BCUT2D eigenvalue weighted by molar-refractivity contribution is 5.95. The van der Waals surface area contributed by atoms with Crippen LogP contribution < -0.4 is 11.1 Å². The van der Waals surface area contributed by atoms with Crippen LogP contribution in [0.15, 0.2) is 18.2 Å². The number of carbonyl (C=O) groups excluding carboxylic acids is 1. The second-order valence-corrected chi connectivity index (χ2v) is 5.32. The number of amides is 1. The van der Waals surface area contributed by atoms with Crippen LogP contribution in [0.1, 0.15) is 41.6 Å². The van der Waals surface area contributed by atoms with Gasteiger partial charge in [0.2, 0.25) is 0 Å². The highest BCUT2D eigenvalue weighted by atomic mass is 19.1. The van der Waals surface area contributed by atoms with E-state index in [9.17, 15) is 9.18 Å². The molecule has 1 aromatic rings. The predicted octanol–water partition coefficient (Wildman–Crippen LogP) is 2.38. The van der Waals surface area contributed by atoms with Crippen molar-refractivity contribution in [2.75, 3.05) is 6.54 Å². The Kier molecular flexibility index (Phi) is 4.53. The normalized spacial score (nSPS) is 23.1. The van der Waals surface area contributed by atoms with Gasteiger partial charge in [0.25, 0.3) is 5.91 Å². The first-order valence-electron chi connectivity index (χ1n) is 6.89. The van der Waals surface area contributed by atoms with Gasteiger partial charge in [-0.15, -0.1) is 0 Å². The number of aryl methyl sites for hydroxylation is 1. The quantitative estimate of drug-likeness (QED) is 0.880. The smallest absolute Gasteiger partial charge is 0.251 e. The van der Waals surface area contributed by atoms with E-state index in [0.29, 0.717) is 18.0 Å². The Morgan fingerprint density at radius 2 is 2.16 bits per heavy atom. The Hall–Kier alpha value is -1.42. The molecule has 1 fully saturated rings. The third-order valence-corrected chi connectivity index (χ3v) is 3.97. The molecule has 0 aromatic heterocycles. The lowest BCUT2D eigenvalue weighted by atomic mass is 9.84. The van der Waals surface area contributed by atoms with Crippen LogP contribution in [-0.2, 0) is 0 Å². The maximum Gasteiger partial charge on any atom is 0.251 e. The summed E-state index contributed by atoms with van der Waals surface area (Å²) >= 11 is 0. The minimum Gasteiger partial charge on any atom is -0.349 e. The lowest BCUT2D eigenvalue weighted by Crippen LogP contribution is -2.44. The SMILES string of the molecule is Cc1ccc(F)cc1C(=O)NC1CCCCC1CN. The molecule has 1 amide bonds. The summed E-state index contributed by atoms with van der Waals surface area (Å²) in [5, 5.41) is 3.02. The molecule has 3 nitrogen and oxygen atoms in total. The fraction of sp³-hybridized carbons (Fsp3) is 0.533. The number of halogens is 1. The second kappa shape index (κ2) is 6.15. The summed E-state index contributed by atoms with van der Waals surface area (Å²) in [6.45, 7) is 2.41. The summed E-state index contributed by atoms with van der Waals surface area (Å²) in [5.41, 5.74) is 6.96. The van der Waals surface area contributed by atoms with Crippen LogP contribution in [0.5, 0.6) is 0 Å². The van der Waals surface area contributed by atoms with Gasteiger partial charge in [0.1, 0.15) is 5.82 Å². The lowest BCUT2D eigenvalue weighted by molar-refractivity contribution is 0.0907. The van der Waals surface area contributed by atoms with Crippen LogP contribution >= 0.6 is 0 Å². The van der Waals surface area contributed by atoms with E-state index in [4.69, 9.17) is 5.73 Å². The molecule has 0 saturated heterocycles. The zero-order chi connectivity index (χ0) is 13.8. The molecule has 1 aliphatic rings. The van der Waals surface area contributed by atoms with Gasteiger partial charge >= 0.3 is 0 Å². The molecule has 1 saturated carbocycles. The molecular weight excluding hydrogens is 243 g/mol. The lowest BCUT2D eigenvalue weighted by Gasteiger charge is -2.31. The van der Waals surface area contributed by atoms with Crippen LogP contribution in [0, 0.1) is 18.7 Å². The molecule has 0 radical (unpaired) electrons. The van der Waals surface area contributed by atoms with Crippen LogP contribution in [-0.4, -0.2) is 18.5 Å². The molecule has 0 spiro atoms. The maximum atomic E-state index is 13.2. The van der Waals surface area contributed by atoms with Gasteiger partial charge in [0.15, 0.2) is 0 Å². The average molecular weight is 264 g/mol. The van der Waals surface area contributed by atoms with Crippen molar-refractivity contribution in [3.8, 4) is 0 Å². The number of benzene rings is 1. The van der Waals surface area contributed by atoms with Crippen molar-refractivity contribution in [2.45, 2.75) is 38.6 Å². The molecule has 2 unspecified atom stereocenters. The zero-order valence-corrected chi connectivity index (χ0v) is 11.3. The molecule has 4 heteroatoms. The first-order valence-corrected chi connectivity index (χ1v) is 6.89. The molecule has 1 aromatic carbocycles. The van der Waals surface area contributed by atoms with E-state index in [1.807, 2.05) is 6.92 Å². The van der Waals surface area contributed by atoms with E-state index >= 15 is 0 Å². The summed E-state index contributed by atoms with van der Waals surface area (Å²) in [6.07, 6.45) is 4.31. The predicted molar refractivity (Wildman–Crippen MR) is 73.4 cm³/mol. The van der Waals surface area contributed by atoms with Crippen molar-refractivity contribution in [3.05, 3.63) is 35.1 Å². The number of nitrogens with two attached hydrogens (primary N) is 1. The van der Waals surface area contributed by atoms with Crippen LogP contribution in [0.4, 0.5) is 4.39 Å². The fourth-order valence-corrected chi connectivity index (χ4v) is 2.76. The van der Waals surface area contributed by atoms with Crippen LogP contribution in [0.2, 0.25) is 0 Å². The van der Waals surface area contributed by atoms with Gasteiger partial charge in [-0.3, -0.25) is 4.79 Å². The average Bonchev–Trinajstić information content (AvgIpc) is 2.42. The van der Waals surface area contributed by atoms with Crippen molar-refractivity contribution < 1.29 is 9.18 Å². The number of hydrogen-bond acceptors (Lipinski definition) is 2. The molecule has 2 atom stereocenters. The number of carbonyl (C=O) groups is 1. The van der Waals surface area contributed by atoms with E-state index in [1.165, 1.54) is 18.6 Å². The summed E-state index contributed by atoms with van der Waals surface area (Å²) in [5.74, 6) is -0.233. The fourth-order valence-electron chi connectivity index (χ4n) is 2.76. The third-order valence-electron chi connectivity index (χ3n) is 3.97. The molecule has 1 aliphatic carbocycles. The Morgan fingerprint density at radius 3 is 2.89 bits per heavy atom. The first kappa shape index (κ1) is 14.0. The second-order valence-electron chi connectivity index (χ2n) is 5.32. The summed E-state index contributed by atoms with van der Waals surface area (Å²) < 4.78 is 13.2. The highest BCUT2D eigenvalue weighted by Gasteiger charge is 2.26. The Balaban J connectivity index is 2.09. The van der Waals surface area contributed by atoms with Gasteiger partial charge in [-0.05, 0) is 49.9 Å². The van der Waals surface area contributed by atoms with Crippen molar-refractivity contribution in [2.24, 2.45) is 11.7 Å². The van der Waals surface area contributed by atoms with Gasteiger partial charge < -0.3 is 11.1 Å². The molecular formula is C15H21FN2O. The first-order chi connectivity index (χ1) is 9.11. The van der Waals surface area contributed by atoms with Crippen molar-refractivity contribution >= 4 is 5.91 Å². The molecule has 0 heterocycles. The van der Waals surface area contributed by atoms with Crippen LogP contribution in [0.25, 0.3) is 0 Å². The van der Waals surface area contributed by atoms with Crippen LogP contribution in [0.3, 0.4) is 0 Å². The number of rotatable bonds is 3. The molecule has 104 valence electrons. The minimum atomic E-state index is -0.380. The van der Waals surface area contributed by atoms with Crippen molar-refractivity contribution in [3.63, 3.8) is 0 Å². The van der Waals surface area contributed by atoms with Crippen molar-refractivity contribution in [1.29, 1.82) is 0 Å². The van der Waals surface area contributed by atoms with Gasteiger partial charge in [0.05, 0.1) is 0 Å². The largest absolute Gasteiger partial charge is 0.349 e. The molecule has 0 aliphatic heterocycles. The van der Waals surface area contributed by atoms with E-state index in [1.54, 1.807) is 6.07 Å². The van der Waals surface area contributed by atoms with E-state index in [-0.39, 0.29) is 17.8 Å². The molecule has 3 N–H and O–H groups in total. The number of hydrogen-bond donors (Lipinski definition) is 2. The van der Waals surface area contributed by atoms with Gasteiger partial charge in [0, 0.05) is 11.6 Å². The molecule has 0 bridgehead atoms. The number of nitrogens with one attached hydrogen (secondary N) is 1. The van der Waals surface area contributed by atoms with E-state index < -0.39 is 0 Å². The Labute approximate surface area is 113 Å². The van der Waals surface area contributed by atoms with Gasteiger partial charge in [-0.25, -0.2) is 4.39 Å². The Morgan fingerprint density at radius 1 is 1.42 bits per heavy atom. The van der Waals surface area contributed by atoms with Gasteiger partial charge in [-0.2, -0.15) is 0 Å². The van der Waals surface area contributed by atoms with Gasteiger partial charge in [-0.1, -0.05) is 18.9 Å². The highest BCUT2D eigenvalue weighted by Crippen LogP contribution is 2.24. The molecule has 2 rings (SSSR count). The Bertz CT molecular complexity index is 461. The summed E-state index contributed by atoms with van der Waals surface area (Å²) in [4.78, 5) is 12.2. The van der Waals surface area contributed by atoms with E-state index in [0.717, 1.165) is 24.8 Å². The van der Waals surface area contributed by atoms with E-state index in [2.05, 4.69) is 5.32 Å². The summed E-state index contributed by atoms with van der Waals surface area (Å²) in [7, 11) is 0. The van der Waals surface area contributed by atoms with Crippen molar-refractivity contribution in [1.82, 2.24) is 5.32 Å². The minimum absolute atomic E-state index is 0.119. The standard InChI is InChI=1S/C15H21FN2O/c1-10-6-7-12(16)8-13(10)15(19)18-14-5-3-2-4-11(14)9-17/h6-8,11,14H,2-5,9,17H2,1H3,(H,18,19). The third kappa shape index (κ3) is 3.32. The molecule has 19 heavy (non-hydrogen) atoms. The maximum absolute atomic E-state index is 13.2. The zero-order valence-electron chi connectivity index (χ0n) is 11.3.